The third kappa shape index (κ3) is 3.57. The maximum Gasteiger partial charge on any atom is 0.244 e. The second-order valence-corrected chi connectivity index (χ2v) is 8.19. The summed E-state index contributed by atoms with van der Waals surface area (Å²) in [6, 6.07) is 9.85. The molecule has 150 valence electrons. The predicted molar refractivity (Wildman–Crippen MR) is 117 cm³/mol. The number of anilines is 2. The Labute approximate surface area is 171 Å². The van der Waals surface area contributed by atoms with Gasteiger partial charge in [0.25, 0.3) is 0 Å². The van der Waals surface area contributed by atoms with E-state index in [1.807, 2.05) is 58.0 Å². The molecular formula is C24H27N3O2. The number of rotatable bonds is 3. The average molecular weight is 389 g/mol. The van der Waals surface area contributed by atoms with E-state index in [-0.39, 0.29) is 24.3 Å². The van der Waals surface area contributed by atoms with E-state index < -0.39 is 0 Å². The van der Waals surface area contributed by atoms with E-state index in [0.29, 0.717) is 0 Å². The summed E-state index contributed by atoms with van der Waals surface area (Å²) < 4.78 is 0. The van der Waals surface area contributed by atoms with Crippen LogP contribution in [0.1, 0.15) is 41.5 Å². The summed E-state index contributed by atoms with van der Waals surface area (Å²) in [5.74, 6) is -0.423. The smallest absolute Gasteiger partial charge is 0.244 e. The zero-order valence-corrected chi connectivity index (χ0v) is 17.5. The van der Waals surface area contributed by atoms with Crippen molar-refractivity contribution in [2.24, 2.45) is 10.9 Å². The third-order valence-electron chi connectivity index (χ3n) is 6.22. The summed E-state index contributed by atoms with van der Waals surface area (Å²) in [5.41, 5.74) is 7.65. The third-order valence-corrected chi connectivity index (χ3v) is 6.22. The Balaban J connectivity index is 1.67. The quantitative estimate of drug-likeness (QED) is 0.821. The van der Waals surface area contributed by atoms with E-state index in [1.54, 1.807) is 4.90 Å². The number of benzene rings is 2. The topological polar surface area (TPSA) is 61.8 Å². The van der Waals surface area contributed by atoms with Crippen LogP contribution in [0.4, 0.5) is 17.1 Å². The minimum atomic E-state index is -0.212. The van der Waals surface area contributed by atoms with Crippen LogP contribution >= 0.6 is 0 Å². The van der Waals surface area contributed by atoms with E-state index in [0.717, 1.165) is 64.3 Å². The lowest BCUT2D eigenvalue weighted by Crippen LogP contribution is -2.42. The van der Waals surface area contributed by atoms with Gasteiger partial charge in [0.2, 0.25) is 11.8 Å². The molecule has 2 amide bonds. The molecule has 0 saturated heterocycles. The number of hydrogen-bond acceptors (Lipinski definition) is 3. The van der Waals surface area contributed by atoms with E-state index in [2.05, 4.69) is 5.32 Å². The number of nitrogens with zero attached hydrogens (tertiary/aromatic N) is 2. The first-order valence-electron chi connectivity index (χ1n) is 10.2. The molecule has 1 N–H and O–H groups in total. The fourth-order valence-corrected chi connectivity index (χ4v) is 4.16. The van der Waals surface area contributed by atoms with Gasteiger partial charge in [-0.15, -0.1) is 0 Å². The molecule has 1 heterocycles. The van der Waals surface area contributed by atoms with Crippen LogP contribution in [-0.4, -0.2) is 24.1 Å². The summed E-state index contributed by atoms with van der Waals surface area (Å²) >= 11 is 0. The van der Waals surface area contributed by atoms with Crippen molar-refractivity contribution in [3.63, 3.8) is 0 Å². The van der Waals surface area contributed by atoms with Crippen molar-refractivity contribution in [3.8, 4) is 0 Å². The fraction of sp³-hybridized carbons (Fsp3) is 0.375. The highest BCUT2D eigenvalue weighted by Gasteiger charge is 2.37. The molecule has 1 fully saturated rings. The van der Waals surface area contributed by atoms with Crippen molar-refractivity contribution in [1.29, 1.82) is 0 Å². The molecule has 5 nitrogen and oxygen atoms in total. The molecule has 1 aliphatic heterocycles. The molecule has 0 radical (unpaired) electrons. The summed E-state index contributed by atoms with van der Waals surface area (Å²) in [6.07, 6.45) is 2.63. The standard InChI is InChI=1S/C24H27N3O2/c1-14-7-5-9-19(17(14)4)26-23(28)13-27-22-12-16(3)15(2)11-21(22)25-20-10-6-8-18(20)24(27)29/h5,7,9,11-12,18H,6,8,10,13H2,1-4H3,(H,26,28)/t18-/m0/s1. The Hall–Kier alpha value is -2.95. The van der Waals surface area contributed by atoms with Crippen molar-refractivity contribution < 1.29 is 9.59 Å². The number of amides is 2. The average Bonchev–Trinajstić information content (AvgIpc) is 3.10. The van der Waals surface area contributed by atoms with Crippen LogP contribution in [0, 0.1) is 33.6 Å². The monoisotopic (exact) mass is 389 g/mol. The number of hydrogen-bond donors (Lipinski definition) is 1. The van der Waals surface area contributed by atoms with Crippen LogP contribution in [0.25, 0.3) is 0 Å². The SMILES string of the molecule is Cc1cc2c(cc1C)N(CC(=O)Nc1cccc(C)c1C)C(=O)[C@H]1CCCC1=N2. The molecule has 5 heteroatoms. The number of carbonyl (C=O) groups is 2. The van der Waals surface area contributed by atoms with Gasteiger partial charge >= 0.3 is 0 Å². The van der Waals surface area contributed by atoms with Gasteiger partial charge in [0.05, 0.1) is 17.3 Å². The number of aryl methyl sites for hydroxylation is 3. The molecule has 0 unspecified atom stereocenters. The summed E-state index contributed by atoms with van der Waals surface area (Å²) in [4.78, 5) is 32.8. The maximum atomic E-state index is 13.4. The van der Waals surface area contributed by atoms with Crippen molar-refractivity contribution >= 4 is 34.6 Å². The Kier molecular flexibility index (Phi) is 4.99. The first kappa shape index (κ1) is 19.4. The molecular weight excluding hydrogens is 362 g/mol. The van der Waals surface area contributed by atoms with Crippen LogP contribution < -0.4 is 10.2 Å². The molecule has 0 bridgehead atoms. The van der Waals surface area contributed by atoms with E-state index in [4.69, 9.17) is 4.99 Å². The van der Waals surface area contributed by atoms with Gasteiger partial charge in [-0.25, -0.2) is 0 Å². The van der Waals surface area contributed by atoms with Crippen molar-refractivity contribution in [2.45, 2.75) is 47.0 Å². The number of fused-ring (bicyclic) bond motifs is 2. The van der Waals surface area contributed by atoms with Gasteiger partial charge in [-0.05, 0) is 87.4 Å². The van der Waals surface area contributed by atoms with Crippen LogP contribution in [-0.2, 0) is 9.59 Å². The predicted octanol–water partition coefficient (Wildman–Crippen LogP) is 4.78. The Bertz CT molecular complexity index is 1040. The molecule has 1 aliphatic carbocycles. The van der Waals surface area contributed by atoms with Gasteiger partial charge in [0.1, 0.15) is 6.54 Å². The minimum Gasteiger partial charge on any atom is -0.324 e. The summed E-state index contributed by atoms with van der Waals surface area (Å²) in [6.45, 7) is 8.06. The summed E-state index contributed by atoms with van der Waals surface area (Å²) in [5, 5.41) is 2.99. The minimum absolute atomic E-state index is 0.0129. The first-order valence-corrected chi connectivity index (χ1v) is 10.2. The molecule has 4 rings (SSSR count). The Morgan fingerprint density at radius 2 is 1.90 bits per heavy atom. The molecule has 0 spiro atoms. The lowest BCUT2D eigenvalue weighted by atomic mass is 10.0. The molecule has 1 atom stereocenters. The number of nitrogens with one attached hydrogen (secondary N) is 1. The Morgan fingerprint density at radius 3 is 2.69 bits per heavy atom. The van der Waals surface area contributed by atoms with Gasteiger partial charge in [0, 0.05) is 11.4 Å². The largest absolute Gasteiger partial charge is 0.324 e. The second-order valence-electron chi connectivity index (χ2n) is 8.19. The van der Waals surface area contributed by atoms with Crippen LogP contribution in [0.15, 0.2) is 35.3 Å². The van der Waals surface area contributed by atoms with Crippen LogP contribution in [0.5, 0.6) is 0 Å². The van der Waals surface area contributed by atoms with Crippen molar-refractivity contribution in [3.05, 3.63) is 52.6 Å². The molecule has 2 aromatic carbocycles. The second kappa shape index (κ2) is 7.47. The molecule has 1 saturated carbocycles. The summed E-state index contributed by atoms with van der Waals surface area (Å²) in [7, 11) is 0. The van der Waals surface area contributed by atoms with Gasteiger partial charge in [0.15, 0.2) is 0 Å². The highest BCUT2D eigenvalue weighted by Crippen LogP contribution is 2.39. The molecule has 2 aliphatic rings. The van der Waals surface area contributed by atoms with Crippen LogP contribution in [0.3, 0.4) is 0 Å². The van der Waals surface area contributed by atoms with Gasteiger partial charge < -0.3 is 10.2 Å². The molecule has 29 heavy (non-hydrogen) atoms. The lowest BCUT2D eigenvalue weighted by molar-refractivity contribution is -0.122. The van der Waals surface area contributed by atoms with Gasteiger partial charge in [-0.3, -0.25) is 14.6 Å². The zero-order chi connectivity index (χ0) is 20.7. The van der Waals surface area contributed by atoms with Crippen molar-refractivity contribution in [2.75, 3.05) is 16.8 Å². The van der Waals surface area contributed by atoms with Crippen LogP contribution in [0.2, 0.25) is 0 Å². The first-order chi connectivity index (χ1) is 13.8. The zero-order valence-electron chi connectivity index (χ0n) is 17.5. The molecule has 0 aromatic heterocycles. The van der Waals surface area contributed by atoms with E-state index in [1.165, 1.54) is 0 Å². The highest BCUT2D eigenvalue weighted by molar-refractivity contribution is 6.17. The molecule has 2 aromatic rings. The van der Waals surface area contributed by atoms with Gasteiger partial charge in [-0.2, -0.15) is 0 Å². The van der Waals surface area contributed by atoms with E-state index >= 15 is 0 Å². The Morgan fingerprint density at radius 1 is 1.14 bits per heavy atom. The maximum absolute atomic E-state index is 13.4. The van der Waals surface area contributed by atoms with Crippen molar-refractivity contribution in [1.82, 2.24) is 0 Å². The normalized spacial score (nSPS) is 18.1. The number of carbonyl (C=O) groups excluding carboxylic acids is 2. The fourth-order valence-electron chi connectivity index (χ4n) is 4.16. The van der Waals surface area contributed by atoms with E-state index in [9.17, 15) is 9.59 Å². The lowest BCUT2D eigenvalue weighted by Gasteiger charge is -2.25. The van der Waals surface area contributed by atoms with Gasteiger partial charge in [-0.1, -0.05) is 12.1 Å². The number of aliphatic imine (C=N–C) groups is 1. The highest BCUT2D eigenvalue weighted by atomic mass is 16.2.